The van der Waals surface area contributed by atoms with Crippen LogP contribution < -0.4 is 14.2 Å². The number of thiazole rings is 1. The molecule has 4 rings (SSSR count). The lowest BCUT2D eigenvalue weighted by Crippen LogP contribution is -2.40. The zero-order chi connectivity index (χ0) is 20.8. The van der Waals surface area contributed by atoms with Crippen LogP contribution >= 0.6 is 11.3 Å². The first-order chi connectivity index (χ1) is 13.8. The van der Waals surface area contributed by atoms with Crippen molar-refractivity contribution >= 4 is 27.5 Å². The second kappa shape index (κ2) is 7.22. The zero-order valence-corrected chi connectivity index (χ0v) is 17.9. The molecular formula is C22H23NO5S. The van der Waals surface area contributed by atoms with Gasteiger partial charge in [-0.25, -0.2) is 9.78 Å². The molecule has 152 valence electrons. The van der Waals surface area contributed by atoms with Gasteiger partial charge in [-0.15, -0.1) is 11.3 Å². The highest BCUT2D eigenvalue weighted by atomic mass is 32.1. The second-order valence-electron chi connectivity index (χ2n) is 7.46. The van der Waals surface area contributed by atoms with E-state index in [4.69, 9.17) is 23.9 Å². The average Bonchev–Trinajstić information content (AvgIpc) is 3.28. The Kier molecular flexibility index (Phi) is 4.86. The quantitative estimate of drug-likeness (QED) is 0.547. The van der Waals surface area contributed by atoms with Gasteiger partial charge in [0.05, 0.1) is 16.8 Å². The fraction of sp³-hybridized carbons (Fsp3) is 0.364. The Morgan fingerprint density at radius 3 is 2.45 bits per heavy atom. The maximum absolute atomic E-state index is 12.2. The van der Waals surface area contributed by atoms with Crippen molar-refractivity contribution in [3.63, 3.8) is 0 Å². The average molecular weight is 413 g/mol. The third-order valence-corrected chi connectivity index (χ3v) is 5.78. The summed E-state index contributed by atoms with van der Waals surface area (Å²) < 4.78 is 23.1. The number of carbonyl (C=O) groups is 1. The van der Waals surface area contributed by atoms with Crippen LogP contribution in [0.2, 0.25) is 0 Å². The molecule has 1 aromatic heterocycles. The summed E-state index contributed by atoms with van der Waals surface area (Å²) in [5.41, 5.74) is 2.69. The third kappa shape index (κ3) is 3.62. The van der Waals surface area contributed by atoms with Gasteiger partial charge in [0, 0.05) is 17.7 Å². The van der Waals surface area contributed by atoms with Gasteiger partial charge in [-0.05, 0) is 57.9 Å². The molecule has 0 N–H and O–H groups in total. The summed E-state index contributed by atoms with van der Waals surface area (Å²) in [6, 6.07) is 7.94. The number of hydrogen-bond acceptors (Lipinski definition) is 7. The number of fused-ring (bicyclic) bond motifs is 2. The summed E-state index contributed by atoms with van der Waals surface area (Å²) in [6.45, 7) is 9.72. The van der Waals surface area contributed by atoms with E-state index >= 15 is 0 Å². The Morgan fingerprint density at radius 2 is 1.79 bits per heavy atom. The fourth-order valence-corrected chi connectivity index (χ4v) is 4.24. The van der Waals surface area contributed by atoms with Crippen LogP contribution in [-0.2, 0) is 9.53 Å². The molecule has 0 amide bonds. The van der Waals surface area contributed by atoms with Crippen LogP contribution in [0.5, 0.6) is 17.2 Å². The molecular weight excluding hydrogens is 390 g/mol. The Balaban J connectivity index is 1.67. The Bertz CT molecular complexity index is 1040. The van der Waals surface area contributed by atoms with Crippen LogP contribution in [0.3, 0.4) is 0 Å². The minimum atomic E-state index is -1.07. The molecule has 7 heteroatoms. The Morgan fingerprint density at radius 1 is 1.14 bits per heavy atom. The van der Waals surface area contributed by atoms with E-state index in [2.05, 4.69) is 0 Å². The number of carbonyl (C=O) groups excluding carboxylic acids is 1. The highest BCUT2D eigenvalue weighted by Gasteiger charge is 2.32. The second-order valence-corrected chi connectivity index (χ2v) is 8.49. The minimum Gasteiger partial charge on any atom is -0.476 e. The van der Waals surface area contributed by atoms with Crippen molar-refractivity contribution in [1.29, 1.82) is 0 Å². The SMILES string of the molecule is CCOC(=O)C(C)(C)Oc1c(C)cc(-c2nc3cc4c(cc3s2)OCO4)cc1C. The number of benzene rings is 2. The zero-order valence-electron chi connectivity index (χ0n) is 17.1. The Labute approximate surface area is 173 Å². The van der Waals surface area contributed by atoms with E-state index in [1.807, 2.05) is 38.1 Å². The normalized spacial score (nSPS) is 13.0. The number of aromatic nitrogens is 1. The van der Waals surface area contributed by atoms with Crippen LogP contribution in [0.4, 0.5) is 0 Å². The van der Waals surface area contributed by atoms with Gasteiger partial charge in [-0.2, -0.15) is 0 Å². The summed E-state index contributed by atoms with van der Waals surface area (Å²) >= 11 is 1.60. The molecule has 0 unspecified atom stereocenters. The maximum Gasteiger partial charge on any atom is 0.349 e. The van der Waals surface area contributed by atoms with Gasteiger partial charge in [0.2, 0.25) is 6.79 Å². The summed E-state index contributed by atoms with van der Waals surface area (Å²) in [4.78, 5) is 17.0. The Hall–Kier alpha value is -2.80. The van der Waals surface area contributed by atoms with E-state index in [1.165, 1.54) is 0 Å². The smallest absolute Gasteiger partial charge is 0.349 e. The highest BCUT2D eigenvalue weighted by Crippen LogP contribution is 2.41. The molecule has 0 saturated heterocycles. The van der Waals surface area contributed by atoms with Crippen LogP contribution in [0.25, 0.3) is 20.8 Å². The van der Waals surface area contributed by atoms with E-state index < -0.39 is 5.60 Å². The number of rotatable bonds is 5. The molecule has 1 aliphatic heterocycles. The van der Waals surface area contributed by atoms with Crippen molar-refractivity contribution in [2.24, 2.45) is 0 Å². The lowest BCUT2D eigenvalue weighted by molar-refractivity contribution is -0.158. The van der Waals surface area contributed by atoms with Crippen molar-refractivity contribution in [3.05, 3.63) is 35.4 Å². The van der Waals surface area contributed by atoms with Crippen LogP contribution in [-0.4, -0.2) is 30.0 Å². The standard InChI is InChI=1S/C22H23NO5S/c1-6-25-21(24)22(4,5)28-19-12(2)7-14(8-13(19)3)20-23-15-9-16-17(27-11-26-16)10-18(15)29-20/h7-10H,6,11H2,1-5H3. The molecule has 3 aromatic rings. The van der Waals surface area contributed by atoms with Gasteiger partial charge in [-0.3, -0.25) is 0 Å². The number of aryl methyl sites for hydroxylation is 2. The van der Waals surface area contributed by atoms with Gasteiger partial charge < -0.3 is 18.9 Å². The molecule has 1 aliphatic rings. The van der Waals surface area contributed by atoms with Crippen LogP contribution in [0, 0.1) is 13.8 Å². The lowest BCUT2D eigenvalue weighted by Gasteiger charge is -2.26. The minimum absolute atomic E-state index is 0.251. The van der Waals surface area contributed by atoms with Crippen molar-refractivity contribution in [2.45, 2.75) is 40.2 Å². The molecule has 0 fully saturated rings. The van der Waals surface area contributed by atoms with Gasteiger partial charge in [0.25, 0.3) is 0 Å². The molecule has 0 aliphatic carbocycles. The first-order valence-corrected chi connectivity index (χ1v) is 10.3. The predicted octanol–water partition coefficient (Wildman–Crippen LogP) is 5.03. The van der Waals surface area contributed by atoms with Crippen molar-refractivity contribution < 1.29 is 23.7 Å². The van der Waals surface area contributed by atoms with Crippen molar-refractivity contribution in [1.82, 2.24) is 4.98 Å². The van der Waals surface area contributed by atoms with Crippen molar-refractivity contribution in [2.75, 3.05) is 13.4 Å². The molecule has 0 radical (unpaired) electrons. The van der Waals surface area contributed by atoms with Crippen LogP contribution in [0.1, 0.15) is 31.9 Å². The first kappa shape index (κ1) is 19.5. The number of hydrogen-bond donors (Lipinski definition) is 0. The van der Waals surface area contributed by atoms with Gasteiger partial charge >= 0.3 is 5.97 Å². The van der Waals surface area contributed by atoms with E-state index in [0.29, 0.717) is 12.4 Å². The molecule has 0 bridgehead atoms. The van der Waals surface area contributed by atoms with E-state index in [9.17, 15) is 4.79 Å². The van der Waals surface area contributed by atoms with Crippen LogP contribution in [0.15, 0.2) is 24.3 Å². The summed E-state index contributed by atoms with van der Waals surface area (Å²) in [5, 5.41) is 0.908. The topological polar surface area (TPSA) is 66.9 Å². The molecule has 0 atom stereocenters. The number of nitrogens with zero attached hydrogens (tertiary/aromatic N) is 1. The monoisotopic (exact) mass is 413 g/mol. The molecule has 6 nitrogen and oxygen atoms in total. The van der Waals surface area contributed by atoms with Gasteiger partial charge in [0.15, 0.2) is 17.1 Å². The van der Waals surface area contributed by atoms with E-state index in [-0.39, 0.29) is 12.8 Å². The first-order valence-electron chi connectivity index (χ1n) is 9.46. The predicted molar refractivity (Wildman–Crippen MR) is 112 cm³/mol. The van der Waals surface area contributed by atoms with Gasteiger partial charge in [-0.1, -0.05) is 0 Å². The number of ether oxygens (including phenoxy) is 4. The molecule has 2 heterocycles. The summed E-state index contributed by atoms with van der Waals surface area (Å²) in [6.07, 6.45) is 0. The molecule has 0 spiro atoms. The third-order valence-electron chi connectivity index (χ3n) is 4.71. The maximum atomic E-state index is 12.2. The molecule has 29 heavy (non-hydrogen) atoms. The van der Waals surface area contributed by atoms with Crippen molar-refractivity contribution in [3.8, 4) is 27.8 Å². The lowest BCUT2D eigenvalue weighted by atomic mass is 10.0. The van der Waals surface area contributed by atoms with E-state index in [0.717, 1.165) is 43.4 Å². The fourth-order valence-electron chi connectivity index (χ4n) is 3.28. The molecule has 2 aromatic carbocycles. The molecule has 0 saturated carbocycles. The largest absolute Gasteiger partial charge is 0.476 e. The number of esters is 1. The summed E-state index contributed by atoms with van der Waals surface area (Å²) in [7, 11) is 0. The van der Waals surface area contributed by atoms with E-state index in [1.54, 1.807) is 32.1 Å². The summed E-state index contributed by atoms with van der Waals surface area (Å²) in [5.74, 6) is 1.79. The highest BCUT2D eigenvalue weighted by molar-refractivity contribution is 7.21. The van der Waals surface area contributed by atoms with Gasteiger partial charge in [0.1, 0.15) is 10.8 Å².